The van der Waals surface area contributed by atoms with E-state index in [1.54, 1.807) is 0 Å². The summed E-state index contributed by atoms with van der Waals surface area (Å²) in [5, 5.41) is 43.5. The van der Waals surface area contributed by atoms with Gasteiger partial charge in [-0.3, -0.25) is 4.79 Å². The second-order valence-corrected chi connectivity index (χ2v) is 14.1. The van der Waals surface area contributed by atoms with E-state index in [1.807, 2.05) is 0 Å². The normalized spacial score (nSPS) is 48.7. The first kappa shape index (κ1) is 26.9. The van der Waals surface area contributed by atoms with Gasteiger partial charge in [-0.2, -0.15) is 0 Å². The van der Waals surface area contributed by atoms with Crippen molar-refractivity contribution in [3.05, 3.63) is 0 Å². The predicted octanol–water partition coefficient (Wildman–Crippen LogP) is 3.92. The SMILES string of the molecule is C[C@H]([C@@H](O)[C@H](O)[C@@H](C)C1CCCC1)[C@H]1CC[C@H]2[C@@H]3COC(=O)[C@H]4C[C@H](O)[C@H](O)C[C@]4(C)[C@H]3CC[C@]12C. The Morgan fingerprint density at radius 1 is 0.861 bits per heavy atom. The Bertz CT molecular complexity index is 811. The third-order valence-electron chi connectivity index (χ3n) is 12.6. The highest BCUT2D eigenvalue weighted by molar-refractivity contribution is 5.74. The van der Waals surface area contributed by atoms with Crippen molar-refractivity contribution in [2.75, 3.05) is 6.61 Å². The maximum atomic E-state index is 13.1. The minimum absolute atomic E-state index is 0.0127. The number of cyclic esters (lactones) is 1. The molecule has 0 aromatic heterocycles. The molecule has 6 nitrogen and oxygen atoms in total. The van der Waals surface area contributed by atoms with Crippen molar-refractivity contribution in [1.29, 1.82) is 0 Å². The summed E-state index contributed by atoms with van der Waals surface area (Å²) in [6, 6.07) is 0. The van der Waals surface area contributed by atoms with Gasteiger partial charge in [0.15, 0.2) is 0 Å². The van der Waals surface area contributed by atoms with Crippen LogP contribution in [0.15, 0.2) is 0 Å². The van der Waals surface area contributed by atoms with Crippen LogP contribution in [0.2, 0.25) is 0 Å². The van der Waals surface area contributed by atoms with Crippen LogP contribution in [0, 0.1) is 58.2 Å². The molecule has 36 heavy (non-hydrogen) atoms. The lowest BCUT2D eigenvalue weighted by Crippen LogP contribution is -2.55. The second kappa shape index (κ2) is 9.81. The first-order valence-electron chi connectivity index (χ1n) is 14.9. The van der Waals surface area contributed by atoms with E-state index in [1.165, 1.54) is 12.8 Å². The summed E-state index contributed by atoms with van der Waals surface area (Å²) in [5.41, 5.74) is -0.332. The standard InChI is InChI=1S/C30H50O6/c1-16(18-7-5-6-8-18)26(33)27(34)17(2)20-9-10-21-19-15-36-28(35)23-13-24(31)25(32)14-30(23,4)22(19)11-12-29(20,21)3/h16-27,31-34H,5-15H2,1-4H3/t16-,17-,19-,20+,21-,22-,23+,24-,25+,26+,27+,29+,30+/m0/s1. The average molecular weight is 507 g/mol. The fourth-order valence-corrected chi connectivity index (χ4v) is 10.3. The van der Waals surface area contributed by atoms with Gasteiger partial charge in [0, 0.05) is 0 Å². The number of carbonyl (C=O) groups excluding carboxylic acids is 1. The molecule has 0 spiro atoms. The van der Waals surface area contributed by atoms with Gasteiger partial charge in [-0.25, -0.2) is 0 Å². The van der Waals surface area contributed by atoms with Crippen LogP contribution < -0.4 is 0 Å². The Morgan fingerprint density at radius 2 is 1.50 bits per heavy atom. The monoisotopic (exact) mass is 506 g/mol. The molecule has 1 heterocycles. The third kappa shape index (κ3) is 4.17. The zero-order chi connectivity index (χ0) is 26.0. The van der Waals surface area contributed by atoms with E-state index < -0.39 is 24.4 Å². The Balaban J connectivity index is 1.35. The minimum Gasteiger partial charge on any atom is -0.465 e. The number of ether oxygens (including phenoxy) is 1. The molecule has 0 amide bonds. The van der Waals surface area contributed by atoms with Crippen molar-refractivity contribution in [2.24, 2.45) is 58.2 Å². The molecule has 1 aliphatic heterocycles. The van der Waals surface area contributed by atoms with Gasteiger partial charge in [-0.15, -0.1) is 0 Å². The smallest absolute Gasteiger partial charge is 0.309 e. The molecule has 0 aromatic carbocycles. The Kier molecular flexibility index (Phi) is 7.33. The van der Waals surface area contributed by atoms with Crippen LogP contribution >= 0.6 is 0 Å². The van der Waals surface area contributed by atoms with Crippen LogP contribution in [0.4, 0.5) is 0 Å². The largest absolute Gasteiger partial charge is 0.465 e. The third-order valence-corrected chi connectivity index (χ3v) is 12.6. The molecule has 5 aliphatic rings. The molecule has 4 N–H and O–H groups in total. The summed E-state index contributed by atoms with van der Waals surface area (Å²) in [6.07, 6.45) is 6.56. The lowest BCUT2D eigenvalue weighted by Gasteiger charge is -2.56. The molecular formula is C30H50O6. The fourth-order valence-electron chi connectivity index (χ4n) is 10.3. The van der Waals surface area contributed by atoms with E-state index in [9.17, 15) is 25.2 Å². The summed E-state index contributed by atoms with van der Waals surface area (Å²) in [7, 11) is 0. The van der Waals surface area contributed by atoms with Crippen molar-refractivity contribution < 1.29 is 30.0 Å². The van der Waals surface area contributed by atoms with Crippen LogP contribution in [0.25, 0.3) is 0 Å². The molecule has 0 bridgehead atoms. The number of aliphatic hydroxyl groups excluding tert-OH is 4. The van der Waals surface area contributed by atoms with E-state index in [-0.39, 0.29) is 52.8 Å². The van der Waals surface area contributed by atoms with Gasteiger partial charge in [0.25, 0.3) is 0 Å². The van der Waals surface area contributed by atoms with E-state index in [4.69, 9.17) is 4.74 Å². The van der Waals surface area contributed by atoms with Gasteiger partial charge in [0.05, 0.1) is 36.9 Å². The van der Waals surface area contributed by atoms with Gasteiger partial charge >= 0.3 is 5.97 Å². The van der Waals surface area contributed by atoms with Crippen LogP contribution in [-0.4, -0.2) is 57.4 Å². The first-order valence-corrected chi connectivity index (χ1v) is 14.9. The molecule has 5 fully saturated rings. The molecule has 13 atom stereocenters. The van der Waals surface area contributed by atoms with Crippen LogP contribution in [0.5, 0.6) is 0 Å². The lowest BCUT2D eigenvalue weighted by atomic mass is 9.48. The highest BCUT2D eigenvalue weighted by Gasteiger charge is 2.63. The quantitative estimate of drug-likeness (QED) is 0.421. The molecule has 6 heteroatoms. The van der Waals surface area contributed by atoms with E-state index >= 15 is 0 Å². The van der Waals surface area contributed by atoms with Crippen LogP contribution in [-0.2, 0) is 9.53 Å². The molecule has 5 rings (SSSR count). The van der Waals surface area contributed by atoms with E-state index in [0.29, 0.717) is 30.8 Å². The Hall–Kier alpha value is -0.690. The van der Waals surface area contributed by atoms with E-state index in [2.05, 4.69) is 27.7 Å². The summed E-state index contributed by atoms with van der Waals surface area (Å²) in [4.78, 5) is 13.1. The zero-order valence-corrected chi connectivity index (χ0v) is 22.8. The van der Waals surface area contributed by atoms with Crippen molar-refractivity contribution >= 4 is 5.97 Å². The summed E-state index contributed by atoms with van der Waals surface area (Å²) < 4.78 is 5.89. The molecule has 1 saturated heterocycles. The molecule has 0 radical (unpaired) electrons. The molecule has 4 saturated carbocycles. The zero-order valence-electron chi connectivity index (χ0n) is 22.8. The van der Waals surface area contributed by atoms with Crippen molar-refractivity contribution in [3.63, 3.8) is 0 Å². The van der Waals surface area contributed by atoms with Crippen molar-refractivity contribution in [3.8, 4) is 0 Å². The summed E-state index contributed by atoms with van der Waals surface area (Å²) in [6.45, 7) is 9.22. The molecular weight excluding hydrogens is 456 g/mol. The van der Waals surface area contributed by atoms with Gasteiger partial charge in [0.2, 0.25) is 0 Å². The molecule has 206 valence electrons. The highest BCUT2D eigenvalue weighted by Crippen LogP contribution is 2.66. The molecule has 4 aliphatic carbocycles. The number of carbonyl (C=O) groups is 1. The van der Waals surface area contributed by atoms with Gasteiger partial charge in [-0.05, 0) is 90.8 Å². The number of aliphatic hydroxyl groups is 4. The Labute approximate surface area is 217 Å². The predicted molar refractivity (Wildman–Crippen MR) is 137 cm³/mol. The van der Waals surface area contributed by atoms with E-state index in [0.717, 1.165) is 38.5 Å². The molecule has 0 aromatic rings. The fraction of sp³-hybridized carbons (Fsp3) is 0.967. The number of rotatable bonds is 5. The average Bonchev–Trinajstić information content (AvgIpc) is 3.48. The first-order chi connectivity index (χ1) is 17.0. The highest BCUT2D eigenvalue weighted by atomic mass is 16.5. The number of hydrogen-bond acceptors (Lipinski definition) is 6. The molecule has 0 unspecified atom stereocenters. The summed E-state index contributed by atoms with van der Waals surface area (Å²) in [5.74, 6) is 1.32. The topological polar surface area (TPSA) is 107 Å². The van der Waals surface area contributed by atoms with Crippen LogP contribution in [0.1, 0.15) is 91.9 Å². The Morgan fingerprint density at radius 3 is 2.19 bits per heavy atom. The second-order valence-electron chi connectivity index (χ2n) is 14.1. The van der Waals surface area contributed by atoms with Gasteiger partial charge < -0.3 is 25.2 Å². The van der Waals surface area contributed by atoms with Crippen molar-refractivity contribution in [2.45, 2.75) is 116 Å². The van der Waals surface area contributed by atoms with Gasteiger partial charge in [-0.1, -0.05) is 53.4 Å². The number of hydrogen-bond donors (Lipinski definition) is 4. The lowest BCUT2D eigenvalue weighted by molar-refractivity contribution is -0.162. The summed E-state index contributed by atoms with van der Waals surface area (Å²) >= 11 is 0. The minimum atomic E-state index is -0.864. The number of fused-ring (bicyclic) bond motifs is 5. The maximum absolute atomic E-state index is 13.1. The maximum Gasteiger partial charge on any atom is 0.309 e. The van der Waals surface area contributed by atoms with Gasteiger partial charge in [0.1, 0.15) is 0 Å². The number of esters is 1. The van der Waals surface area contributed by atoms with Crippen LogP contribution in [0.3, 0.4) is 0 Å². The van der Waals surface area contributed by atoms with Crippen molar-refractivity contribution in [1.82, 2.24) is 0 Å².